The molecule has 0 spiro atoms. The molecule has 16 heavy (non-hydrogen) atoms. The van der Waals surface area contributed by atoms with Crippen LogP contribution in [0, 0.1) is 0 Å². The molecule has 0 aliphatic rings. The molecule has 1 atom stereocenters. The van der Waals surface area contributed by atoms with Crippen molar-refractivity contribution in [2.24, 2.45) is 0 Å². The second-order valence-electron chi connectivity index (χ2n) is 3.22. The Morgan fingerprint density at radius 2 is 2.31 bits per heavy atom. The number of hydrogen-bond donors (Lipinski definition) is 2. The SMILES string of the molecule is CC[C@H](CO)NS(=O)(=O)c1cnccc1Cl. The first-order valence-electron chi connectivity index (χ1n) is 4.74. The molecule has 1 aromatic heterocycles. The standard InChI is InChI=1S/C9H13ClN2O3S/c1-2-7(6-13)12-16(14,15)9-5-11-4-3-8(9)10/h3-5,7,12-13H,2,6H2,1H3/t7-/m1/s1. The second kappa shape index (κ2) is 5.58. The van der Waals surface area contributed by atoms with Crippen LogP contribution in [-0.4, -0.2) is 31.2 Å². The van der Waals surface area contributed by atoms with E-state index in [9.17, 15) is 8.42 Å². The van der Waals surface area contributed by atoms with Gasteiger partial charge in [-0.25, -0.2) is 13.1 Å². The van der Waals surface area contributed by atoms with Crippen LogP contribution in [0.5, 0.6) is 0 Å². The van der Waals surface area contributed by atoms with E-state index >= 15 is 0 Å². The molecular weight excluding hydrogens is 252 g/mol. The van der Waals surface area contributed by atoms with Crippen molar-refractivity contribution in [3.8, 4) is 0 Å². The molecule has 0 radical (unpaired) electrons. The highest BCUT2D eigenvalue weighted by Crippen LogP contribution is 2.19. The number of halogens is 1. The predicted molar refractivity (Wildman–Crippen MR) is 60.7 cm³/mol. The lowest BCUT2D eigenvalue weighted by Crippen LogP contribution is -2.37. The minimum Gasteiger partial charge on any atom is -0.395 e. The fourth-order valence-electron chi connectivity index (χ4n) is 1.09. The van der Waals surface area contributed by atoms with Crippen LogP contribution in [0.2, 0.25) is 5.02 Å². The Balaban J connectivity index is 2.99. The van der Waals surface area contributed by atoms with E-state index in [1.807, 2.05) is 0 Å². The summed E-state index contributed by atoms with van der Waals surface area (Å²) in [6.07, 6.45) is 3.08. The van der Waals surface area contributed by atoms with Crippen molar-refractivity contribution in [1.29, 1.82) is 0 Å². The summed E-state index contributed by atoms with van der Waals surface area (Å²) in [7, 11) is -3.72. The molecule has 0 aliphatic carbocycles. The van der Waals surface area contributed by atoms with Gasteiger partial charge in [-0.15, -0.1) is 0 Å². The van der Waals surface area contributed by atoms with Crippen LogP contribution in [0.3, 0.4) is 0 Å². The van der Waals surface area contributed by atoms with Crippen LogP contribution >= 0.6 is 11.6 Å². The predicted octanol–water partition coefficient (Wildman–Crippen LogP) is 0.784. The van der Waals surface area contributed by atoms with E-state index in [1.165, 1.54) is 18.5 Å². The molecule has 1 aromatic rings. The van der Waals surface area contributed by atoms with Crippen molar-refractivity contribution in [3.63, 3.8) is 0 Å². The number of nitrogens with zero attached hydrogens (tertiary/aromatic N) is 1. The number of aliphatic hydroxyl groups is 1. The zero-order valence-corrected chi connectivity index (χ0v) is 10.3. The van der Waals surface area contributed by atoms with E-state index in [1.54, 1.807) is 6.92 Å². The van der Waals surface area contributed by atoms with Crippen molar-refractivity contribution < 1.29 is 13.5 Å². The number of hydrogen-bond acceptors (Lipinski definition) is 4. The van der Waals surface area contributed by atoms with Crippen molar-refractivity contribution in [2.75, 3.05) is 6.61 Å². The lowest BCUT2D eigenvalue weighted by Gasteiger charge is -2.14. The minimum atomic E-state index is -3.72. The fraction of sp³-hybridized carbons (Fsp3) is 0.444. The highest BCUT2D eigenvalue weighted by Gasteiger charge is 2.21. The molecule has 0 aliphatic heterocycles. The molecule has 0 bridgehead atoms. The van der Waals surface area contributed by atoms with Gasteiger partial charge in [0.05, 0.1) is 11.6 Å². The van der Waals surface area contributed by atoms with Crippen molar-refractivity contribution >= 4 is 21.6 Å². The van der Waals surface area contributed by atoms with E-state index in [0.717, 1.165) is 0 Å². The summed E-state index contributed by atoms with van der Waals surface area (Å²) in [6, 6.07) is 0.886. The molecule has 7 heteroatoms. The van der Waals surface area contributed by atoms with Crippen LogP contribution in [-0.2, 0) is 10.0 Å². The van der Waals surface area contributed by atoms with Gasteiger partial charge >= 0.3 is 0 Å². The number of sulfonamides is 1. The van der Waals surface area contributed by atoms with E-state index in [4.69, 9.17) is 16.7 Å². The number of nitrogens with one attached hydrogen (secondary N) is 1. The monoisotopic (exact) mass is 264 g/mol. The van der Waals surface area contributed by atoms with Gasteiger partial charge in [-0.05, 0) is 12.5 Å². The van der Waals surface area contributed by atoms with Crippen molar-refractivity contribution in [2.45, 2.75) is 24.3 Å². The zero-order chi connectivity index (χ0) is 12.2. The third kappa shape index (κ3) is 3.15. The van der Waals surface area contributed by atoms with Gasteiger partial charge in [-0.1, -0.05) is 18.5 Å². The Bertz CT molecular complexity index is 446. The number of pyridine rings is 1. The smallest absolute Gasteiger partial charge is 0.243 e. The van der Waals surface area contributed by atoms with E-state index in [2.05, 4.69) is 9.71 Å². The lowest BCUT2D eigenvalue weighted by molar-refractivity contribution is 0.254. The third-order valence-corrected chi connectivity index (χ3v) is 4.05. The molecule has 0 saturated heterocycles. The van der Waals surface area contributed by atoms with Crippen molar-refractivity contribution in [3.05, 3.63) is 23.5 Å². The first-order valence-corrected chi connectivity index (χ1v) is 6.60. The van der Waals surface area contributed by atoms with Crippen LogP contribution in [0.4, 0.5) is 0 Å². The maximum atomic E-state index is 11.8. The Hall–Kier alpha value is -0.690. The van der Waals surface area contributed by atoms with Gasteiger partial charge in [0.1, 0.15) is 4.90 Å². The molecule has 0 unspecified atom stereocenters. The van der Waals surface area contributed by atoms with Crippen LogP contribution < -0.4 is 4.72 Å². The summed E-state index contributed by atoms with van der Waals surface area (Å²) >= 11 is 5.76. The number of aromatic nitrogens is 1. The molecule has 1 heterocycles. The summed E-state index contributed by atoms with van der Waals surface area (Å²) < 4.78 is 26.0. The van der Waals surface area contributed by atoms with Crippen LogP contribution in [0.1, 0.15) is 13.3 Å². The van der Waals surface area contributed by atoms with Gasteiger partial charge in [0, 0.05) is 18.4 Å². The van der Waals surface area contributed by atoms with E-state index < -0.39 is 16.1 Å². The first kappa shape index (κ1) is 13.4. The average Bonchev–Trinajstić information content (AvgIpc) is 2.26. The molecule has 0 amide bonds. The summed E-state index contributed by atoms with van der Waals surface area (Å²) in [4.78, 5) is 3.62. The number of rotatable bonds is 5. The maximum absolute atomic E-state index is 11.8. The van der Waals surface area contributed by atoms with Gasteiger partial charge < -0.3 is 5.11 Å². The quantitative estimate of drug-likeness (QED) is 0.824. The van der Waals surface area contributed by atoms with Gasteiger partial charge in [0.25, 0.3) is 0 Å². The summed E-state index contributed by atoms with van der Waals surface area (Å²) in [5, 5.41) is 9.04. The molecule has 5 nitrogen and oxygen atoms in total. The summed E-state index contributed by atoms with van der Waals surface area (Å²) in [5.74, 6) is 0. The third-order valence-electron chi connectivity index (χ3n) is 2.06. The first-order chi connectivity index (χ1) is 7.51. The minimum absolute atomic E-state index is 0.0800. The lowest BCUT2D eigenvalue weighted by atomic mass is 10.3. The Labute approximate surface area is 99.5 Å². The van der Waals surface area contributed by atoms with Crippen LogP contribution in [0.15, 0.2) is 23.4 Å². The highest BCUT2D eigenvalue weighted by molar-refractivity contribution is 7.89. The van der Waals surface area contributed by atoms with Crippen molar-refractivity contribution in [1.82, 2.24) is 9.71 Å². The Kier molecular flexibility index (Phi) is 4.67. The molecular formula is C9H13ClN2O3S. The number of aliphatic hydroxyl groups excluding tert-OH is 1. The zero-order valence-electron chi connectivity index (χ0n) is 8.72. The topological polar surface area (TPSA) is 79.3 Å². The summed E-state index contributed by atoms with van der Waals surface area (Å²) in [6.45, 7) is 1.52. The second-order valence-corrected chi connectivity index (χ2v) is 5.30. The largest absolute Gasteiger partial charge is 0.395 e. The van der Waals surface area contributed by atoms with Gasteiger partial charge in [0.15, 0.2) is 0 Å². The van der Waals surface area contributed by atoms with Gasteiger partial charge in [0.2, 0.25) is 10.0 Å². The highest BCUT2D eigenvalue weighted by atomic mass is 35.5. The molecule has 0 saturated carbocycles. The molecule has 0 aromatic carbocycles. The molecule has 2 N–H and O–H groups in total. The average molecular weight is 265 g/mol. The Morgan fingerprint density at radius 1 is 1.62 bits per heavy atom. The van der Waals surface area contributed by atoms with Crippen LogP contribution in [0.25, 0.3) is 0 Å². The summed E-state index contributed by atoms with van der Waals surface area (Å²) in [5.41, 5.74) is 0. The van der Waals surface area contributed by atoms with Gasteiger partial charge in [-0.3, -0.25) is 4.98 Å². The normalized spacial score (nSPS) is 13.7. The Morgan fingerprint density at radius 3 is 2.81 bits per heavy atom. The van der Waals surface area contributed by atoms with E-state index in [-0.39, 0.29) is 16.5 Å². The van der Waals surface area contributed by atoms with E-state index in [0.29, 0.717) is 6.42 Å². The fourth-order valence-corrected chi connectivity index (χ4v) is 2.83. The van der Waals surface area contributed by atoms with Gasteiger partial charge in [-0.2, -0.15) is 0 Å². The maximum Gasteiger partial charge on any atom is 0.243 e. The molecule has 0 fully saturated rings. The molecule has 90 valence electrons. The molecule has 1 rings (SSSR count).